The standard InChI is InChI=1S/C26H29N3O3/c1-3-25(26(30)31-2)32-22-9-10-24(23(19-22)20-7-5-4-6-8-20)29-17-15-28(16-18-29)21-11-13-27-14-12-21/h4-14,19,25H,3,15-18H2,1-2H3. The molecular weight excluding hydrogens is 402 g/mol. The van der Waals surface area contributed by atoms with Gasteiger partial charge in [-0.1, -0.05) is 37.3 Å². The average Bonchev–Trinajstić information content (AvgIpc) is 2.88. The third kappa shape index (κ3) is 4.85. The highest BCUT2D eigenvalue weighted by Gasteiger charge is 2.22. The van der Waals surface area contributed by atoms with Gasteiger partial charge in [0, 0.05) is 55.5 Å². The number of benzene rings is 2. The van der Waals surface area contributed by atoms with E-state index < -0.39 is 6.10 Å². The maximum Gasteiger partial charge on any atom is 0.347 e. The van der Waals surface area contributed by atoms with Crippen LogP contribution in [0.1, 0.15) is 13.3 Å². The number of aromatic nitrogens is 1. The van der Waals surface area contributed by atoms with Crippen LogP contribution >= 0.6 is 0 Å². The van der Waals surface area contributed by atoms with Crippen molar-refractivity contribution in [2.45, 2.75) is 19.4 Å². The second-order valence-corrected chi connectivity index (χ2v) is 7.76. The molecule has 0 aliphatic carbocycles. The molecule has 2 heterocycles. The van der Waals surface area contributed by atoms with Gasteiger partial charge in [-0.05, 0) is 42.3 Å². The van der Waals surface area contributed by atoms with Gasteiger partial charge in [0.2, 0.25) is 0 Å². The van der Waals surface area contributed by atoms with Crippen LogP contribution < -0.4 is 14.5 Å². The molecule has 1 saturated heterocycles. The Morgan fingerprint density at radius 2 is 1.66 bits per heavy atom. The maximum atomic E-state index is 12.0. The van der Waals surface area contributed by atoms with Crippen molar-refractivity contribution in [1.82, 2.24) is 4.98 Å². The molecule has 1 unspecified atom stereocenters. The van der Waals surface area contributed by atoms with E-state index >= 15 is 0 Å². The number of rotatable bonds is 7. The quantitative estimate of drug-likeness (QED) is 0.517. The first-order valence-corrected chi connectivity index (χ1v) is 11.0. The number of pyridine rings is 1. The van der Waals surface area contributed by atoms with E-state index in [4.69, 9.17) is 9.47 Å². The van der Waals surface area contributed by atoms with Gasteiger partial charge in [-0.25, -0.2) is 4.79 Å². The highest BCUT2D eigenvalue weighted by molar-refractivity contribution is 5.81. The van der Waals surface area contributed by atoms with E-state index in [9.17, 15) is 4.79 Å². The summed E-state index contributed by atoms with van der Waals surface area (Å²) in [7, 11) is 1.39. The molecule has 166 valence electrons. The minimum absolute atomic E-state index is 0.356. The van der Waals surface area contributed by atoms with Crippen molar-refractivity contribution in [1.29, 1.82) is 0 Å². The van der Waals surface area contributed by atoms with Gasteiger partial charge in [0.05, 0.1) is 7.11 Å². The first-order valence-electron chi connectivity index (χ1n) is 11.0. The van der Waals surface area contributed by atoms with E-state index in [1.54, 1.807) is 0 Å². The normalized spacial score (nSPS) is 14.7. The Labute approximate surface area is 189 Å². The van der Waals surface area contributed by atoms with Crippen LogP contribution in [0.15, 0.2) is 73.1 Å². The topological polar surface area (TPSA) is 54.9 Å². The molecule has 0 N–H and O–H groups in total. The van der Waals surface area contributed by atoms with Gasteiger partial charge in [0.15, 0.2) is 6.10 Å². The predicted octanol–water partition coefficient (Wildman–Crippen LogP) is 4.41. The van der Waals surface area contributed by atoms with Crippen molar-refractivity contribution in [2.75, 3.05) is 43.1 Å². The molecule has 0 saturated carbocycles. The minimum atomic E-state index is -0.613. The minimum Gasteiger partial charge on any atom is -0.479 e. The monoisotopic (exact) mass is 431 g/mol. The molecule has 2 aromatic carbocycles. The fourth-order valence-electron chi connectivity index (χ4n) is 4.07. The first kappa shape index (κ1) is 21.7. The number of nitrogens with zero attached hydrogens (tertiary/aromatic N) is 3. The second kappa shape index (κ2) is 10.2. The summed E-state index contributed by atoms with van der Waals surface area (Å²) in [5.74, 6) is 0.311. The van der Waals surface area contributed by atoms with Crippen molar-refractivity contribution < 1.29 is 14.3 Å². The number of esters is 1. The van der Waals surface area contributed by atoms with Crippen LogP contribution in [0.25, 0.3) is 11.1 Å². The summed E-state index contributed by atoms with van der Waals surface area (Å²) in [4.78, 5) is 20.9. The fraction of sp³-hybridized carbons (Fsp3) is 0.308. The Morgan fingerprint density at radius 3 is 2.31 bits per heavy atom. The number of piperazine rings is 1. The van der Waals surface area contributed by atoms with Crippen LogP contribution in [0.5, 0.6) is 5.75 Å². The van der Waals surface area contributed by atoms with Gasteiger partial charge < -0.3 is 19.3 Å². The summed E-state index contributed by atoms with van der Waals surface area (Å²) in [5, 5.41) is 0. The number of hydrogen-bond donors (Lipinski definition) is 0. The van der Waals surface area contributed by atoms with Gasteiger partial charge in [-0.3, -0.25) is 4.98 Å². The molecule has 1 atom stereocenters. The van der Waals surface area contributed by atoms with E-state index in [1.165, 1.54) is 18.5 Å². The zero-order valence-electron chi connectivity index (χ0n) is 18.6. The van der Waals surface area contributed by atoms with Crippen LogP contribution in [0.4, 0.5) is 11.4 Å². The lowest BCUT2D eigenvalue weighted by Crippen LogP contribution is -2.46. The maximum absolute atomic E-state index is 12.0. The Morgan fingerprint density at radius 1 is 0.969 bits per heavy atom. The van der Waals surface area contributed by atoms with E-state index in [2.05, 4.69) is 45.1 Å². The summed E-state index contributed by atoms with van der Waals surface area (Å²) in [6.07, 6.45) is 3.61. The van der Waals surface area contributed by atoms with E-state index in [-0.39, 0.29) is 5.97 Å². The number of methoxy groups -OCH3 is 1. The van der Waals surface area contributed by atoms with Crippen LogP contribution in [-0.4, -0.2) is 50.3 Å². The van der Waals surface area contributed by atoms with Crippen molar-refractivity contribution in [3.63, 3.8) is 0 Å². The van der Waals surface area contributed by atoms with Gasteiger partial charge in [-0.15, -0.1) is 0 Å². The van der Waals surface area contributed by atoms with E-state index in [0.29, 0.717) is 12.2 Å². The van der Waals surface area contributed by atoms with Crippen molar-refractivity contribution >= 4 is 17.3 Å². The molecule has 4 rings (SSSR count). The number of carbonyl (C=O) groups excluding carboxylic acids is 1. The molecule has 32 heavy (non-hydrogen) atoms. The summed E-state index contributed by atoms with van der Waals surface area (Å²) >= 11 is 0. The highest BCUT2D eigenvalue weighted by Crippen LogP contribution is 2.35. The zero-order valence-corrected chi connectivity index (χ0v) is 18.6. The smallest absolute Gasteiger partial charge is 0.347 e. The molecule has 1 aliphatic heterocycles. The molecule has 6 heteroatoms. The van der Waals surface area contributed by atoms with E-state index in [1.807, 2.05) is 49.6 Å². The molecule has 6 nitrogen and oxygen atoms in total. The largest absolute Gasteiger partial charge is 0.479 e. The molecule has 0 radical (unpaired) electrons. The highest BCUT2D eigenvalue weighted by atomic mass is 16.6. The van der Waals surface area contributed by atoms with Crippen molar-refractivity contribution in [2.24, 2.45) is 0 Å². The molecular formula is C26H29N3O3. The Kier molecular flexibility index (Phi) is 6.90. The zero-order chi connectivity index (χ0) is 22.3. The summed E-state index contributed by atoms with van der Waals surface area (Å²) in [6.45, 7) is 5.63. The number of hydrogen-bond acceptors (Lipinski definition) is 6. The van der Waals surface area contributed by atoms with Gasteiger partial charge in [0.25, 0.3) is 0 Å². The Bertz CT molecular complexity index is 1020. The fourth-order valence-corrected chi connectivity index (χ4v) is 4.07. The summed E-state index contributed by atoms with van der Waals surface area (Å²) < 4.78 is 10.9. The van der Waals surface area contributed by atoms with E-state index in [0.717, 1.165) is 37.3 Å². The molecule has 0 spiro atoms. The van der Waals surface area contributed by atoms with Crippen molar-refractivity contribution in [3.05, 3.63) is 73.1 Å². The van der Waals surface area contributed by atoms with Crippen LogP contribution in [0, 0.1) is 0 Å². The van der Waals surface area contributed by atoms with Gasteiger partial charge in [0.1, 0.15) is 5.75 Å². The molecule has 1 aliphatic rings. The second-order valence-electron chi connectivity index (χ2n) is 7.76. The van der Waals surface area contributed by atoms with Crippen molar-refractivity contribution in [3.8, 4) is 16.9 Å². The lowest BCUT2D eigenvalue weighted by molar-refractivity contribution is -0.148. The lowest BCUT2D eigenvalue weighted by Gasteiger charge is -2.38. The predicted molar refractivity (Wildman–Crippen MR) is 127 cm³/mol. The number of ether oxygens (including phenoxy) is 2. The summed E-state index contributed by atoms with van der Waals surface area (Å²) in [5.41, 5.74) is 4.60. The Hall–Kier alpha value is -3.54. The molecule has 0 bridgehead atoms. The molecule has 0 amide bonds. The first-order chi connectivity index (χ1) is 15.7. The van der Waals surface area contributed by atoms with Crippen LogP contribution in [-0.2, 0) is 9.53 Å². The number of anilines is 2. The lowest BCUT2D eigenvalue weighted by atomic mass is 10.0. The average molecular weight is 432 g/mol. The SMILES string of the molecule is CCC(Oc1ccc(N2CCN(c3ccncc3)CC2)c(-c2ccccc2)c1)C(=O)OC. The van der Waals surface area contributed by atoms with Crippen LogP contribution in [0.2, 0.25) is 0 Å². The van der Waals surface area contributed by atoms with Crippen LogP contribution in [0.3, 0.4) is 0 Å². The van der Waals surface area contributed by atoms with Gasteiger partial charge >= 0.3 is 5.97 Å². The molecule has 1 aromatic heterocycles. The Balaban J connectivity index is 1.58. The number of carbonyl (C=O) groups is 1. The summed E-state index contributed by atoms with van der Waals surface area (Å²) in [6, 6.07) is 20.5. The van der Waals surface area contributed by atoms with Gasteiger partial charge in [-0.2, -0.15) is 0 Å². The third-order valence-electron chi connectivity index (χ3n) is 5.81. The molecule has 3 aromatic rings. The molecule has 1 fully saturated rings. The third-order valence-corrected chi connectivity index (χ3v) is 5.81.